The molecule has 2 atom stereocenters. The molecule has 1 heterocycles. The summed E-state index contributed by atoms with van der Waals surface area (Å²) < 4.78 is 9.77. The number of esters is 1. The van der Waals surface area contributed by atoms with Gasteiger partial charge < -0.3 is 9.47 Å². The number of Topliss-reactive ketones (excluding diaryl/α,β-unsaturated/α-hetero) is 1. The number of likely N-dealkylation sites (tertiary alicyclic amines) is 1. The van der Waals surface area contributed by atoms with Crippen LogP contribution >= 0.6 is 0 Å². The van der Waals surface area contributed by atoms with E-state index in [0.29, 0.717) is 0 Å². The van der Waals surface area contributed by atoms with Crippen LogP contribution in [0, 0.1) is 5.92 Å². The molecule has 2 rings (SSSR count). The lowest BCUT2D eigenvalue weighted by Crippen LogP contribution is -2.38. The lowest BCUT2D eigenvalue weighted by atomic mass is 10.0. The van der Waals surface area contributed by atoms with Gasteiger partial charge in [-0.05, 0) is 12.5 Å². The molecule has 6 heteroatoms. The van der Waals surface area contributed by atoms with Crippen LogP contribution in [0.15, 0.2) is 30.3 Å². The predicted octanol–water partition coefficient (Wildman–Crippen LogP) is 1.39. The number of ketones is 1. The number of carbonyl (C=O) groups is 3. The van der Waals surface area contributed by atoms with Gasteiger partial charge >= 0.3 is 12.1 Å². The van der Waals surface area contributed by atoms with Crippen LogP contribution in [0.5, 0.6) is 0 Å². The number of nitrogens with zero attached hydrogens (tertiary/aromatic N) is 1. The van der Waals surface area contributed by atoms with E-state index in [2.05, 4.69) is 4.74 Å². The van der Waals surface area contributed by atoms with Gasteiger partial charge in [0.1, 0.15) is 12.5 Å². The highest BCUT2D eigenvalue weighted by molar-refractivity contribution is 6.04. The molecular weight excluding hydrogens is 274 g/mol. The Bertz CT molecular complexity index is 542. The van der Waals surface area contributed by atoms with Crippen LogP contribution < -0.4 is 0 Å². The Labute approximate surface area is 122 Å². The van der Waals surface area contributed by atoms with Crippen molar-refractivity contribution < 1.29 is 23.9 Å². The first-order chi connectivity index (χ1) is 10.0. The number of methoxy groups -OCH3 is 1. The molecule has 1 saturated heterocycles. The molecule has 0 spiro atoms. The number of benzene rings is 1. The van der Waals surface area contributed by atoms with Gasteiger partial charge in [0.25, 0.3) is 0 Å². The Morgan fingerprint density at radius 2 is 1.95 bits per heavy atom. The fourth-order valence-corrected chi connectivity index (χ4v) is 2.35. The van der Waals surface area contributed by atoms with Gasteiger partial charge in [-0.15, -0.1) is 0 Å². The lowest BCUT2D eigenvalue weighted by Gasteiger charge is -2.21. The van der Waals surface area contributed by atoms with E-state index in [-0.39, 0.29) is 18.9 Å². The smallest absolute Gasteiger partial charge is 0.410 e. The standard InChI is InChI=1S/C15H17NO5/c1-10-13(14(18)20-2)12(17)8-16(10)15(19)21-9-11-6-4-3-5-7-11/h3-7,10,13H,8-9H2,1-2H3/t10-,13?/m1/s1. The van der Waals surface area contributed by atoms with E-state index in [1.54, 1.807) is 6.92 Å². The van der Waals surface area contributed by atoms with E-state index < -0.39 is 24.0 Å². The molecule has 1 aromatic carbocycles. The monoisotopic (exact) mass is 291 g/mol. The Balaban J connectivity index is 1.97. The number of ether oxygens (including phenoxy) is 2. The van der Waals surface area contributed by atoms with Crippen LogP contribution in [0.3, 0.4) is 0 Å². The summed E-state index contributed by atoms with van der Waals surface area (Å²) in [7, 11) is 1.22. The van der Waals surface area contributed by atoms with Crippen LogP contribution in [0.4, 0.5) is 4.79 Å². The van der Waals surface area contributed by atoms with Crippen molar-refractivity contribution in [3.63, 3.8) is 0 Å². The molecule has 0 saturated carbocycles. The number of hydrogen-bond acceptors (Lipinski definition) is 5. The average molecular weight is 291 g/mol. The fourth-order valence-electron chi connectivity index (χ4n) is 2.35. The second-order valence-electron chi connectivity index (χ2n) is 4.88. The summed E-state index contributed by atoms with van der Waals surface area (Å²) in [6.07, 6.45) is -0.605. The van der Waals surface area contributed by atoms with E-state index in [4.69, 9.17) is 4.74 Å². The fraction of sp³-hybridized carbons (Fsp3) is 0.400. The van der Waals surface area contributed by atoms with Crippen molar-refractivity contribution in [2.24, 2.45) is 5.92 Å². The highest BCUT2D eigenvalue weighted by Gasteiger charge is 2.46. The van der Waals surface area contributed by atoms with Gasteiger partial charge in [-0.3, -0.25) is 14.5 Å². The molecule has 0 aliphatic carbocycles. The van der Waals surface area contributed by atoms with Crippen molar-refractivity contribution in [3.05, 3.63) is 35.9 Å². The van der Waals surface area contributed by atoms with Crippen molar-refractivity contribution in [1.82, 2.24) is 4.90 Å². The summed E-state index contributed by atoms with van der Waals surface area (Å²) in [4.78, 5) is 36.7. The van der Waals surface area contributed by atoms with Crippen molar-refractivity contribution in [1.29, 1.82) is 0 Å². The van der Waals surface area contributed by atoms with E-state index in [1.165, 1.54) is 12.0 Å². The van der Waals surface area contributed by atoms with Gasteiger partial charge in [-0.1, -0.05) is 30.3 Å². The molecule has 21 heavy (non-hydrogen) atoms. The van der Waals surface area contributed by atoms with Crippen molar-refractivity contribution >= 4 is 17.8 Å². The molecule has 1 aromatic rings. The van der Waals surface area contributed by atoms with E-state index in [1.807, 2.05) is 30.3 Å². The van der Waals surface area contributed by atoms with E-state index >= 15 is 0 Å². The quantitative estimate of drug-likeness (QED) is 0.621. The Morgan fingerprint density at radius 1 is 1.29 bits per heavy atom. The third-order valence-corrected chi connectivity index (χ3v) is 3.54. The average Bonchev–Trinajstić information content (AvgIpc) is 2.80. The molecule has 1 amide bonds. The van der Waals surface area contributed by atoms with Gasteiger partial charge in [0, 0.05) is 0 Å². The summed E-state index contributed by atoms with van der Waals surface area (Å²) in [6.45, 7) is 1.63. The van der Waals surface area contributed by atoms with Gasteiger partial charge in [0.05, 0.1) is 19.7 Å². The third-order valence-electron chi connectivity index (χ3n) is 3.54. The summed E-state index contributed by atoms with van der Waals surface area (Å²) in [6, 6.07) is 8.67. The topological polar surface area (TPSA) is 72.9 Å². The minimum absolute atomic E-state index is 0.125. The molecular formula is C15H17NO5. The number of rotatable bonds is 3. The minimum atomic E-state index is -0.931. The maximum absolute atomic E-state index is 12.0. The number of amides is 1. The highest BCUT2D eigenvalue weighted by atomic mass is 16.6. The zero-order valence-corrected chi connectivity index (χ0v) is 11.9. The maximum Gasteiger partial charge on any atom is 0.410 e. The summed E-state index contributed by atoms with van der Waals surface area (Å²) in [5.74, 6) is -1.88. The van der Waals surface area contributed by atoms with Crippen molar-refractivity contribution in [2.75, 3.05) is 13.7 Å². The maximum atomic E-state index is 12.0. The molecule has 112 valence electrons. The molecule has 0 radical (unpaired) electrons. The second kappa shape index (κ2) is 6.39. The minimum Gasteiger partial charge on any atom is -0.468 e. The van der Waals surface area contributed by atoms with Gasteiger partial charge in [0.15, 0.2) is 5.78 Å². The van der Waals surface area contributed by atoms with Gasteiger partial charge in [-0.25, -0.2) is 4.79 Å². The van der Waals surface area contributed by atoms with Crippen molar-refractivity contribution in [2.45, 2.75) is 19.6 Å². The number of carbonyl (C=O) groups excluding carboxylic acids is 3. The first kappa shape index (κ1) is 15.0. The van der Waals surface area contributed by atoms with Gasteiger partial charge in [0.2, 0.25) is 0 Å². The Hall–Kier alpha value is -2.37. The molecule has 0 N–H and O–H groups in total. The Kier molecular flexibility index (Phi) is 4.57. The largest absolute Gasteiger partial charge is 0.468 e. The van der Waals surface area contributed by atoms with Crippen molar-refractivity contribution in [3.8, 4) is 0 Å². The predicted molar refractivity (Wildman–Crippen MR) is 73.3 cm³/mol. The first-order valence-corrected chi connectivity index (χ1v) is 6.62. The van der Waals surface area contributed by atoms with Crippen LogP contribution in [-0.4, -0.2) is 42.4 Å². The molecule has 1 unspecified atom stereocenters. The SMILES string of the molecule is COC(=O)C1C(=O)CN(C(=O)OCc2ccccc2)[C@@H]1C. The third kappa shape index (κ3) is 3.21. The molecule has 0 aromatic heterocycles. The highest BCUT2D eigenvalue weighted by Crippen LogP contribution is 2.23. The molecule has 1 fully saturated rings. The molecule has 6 nitrogen and oxygen atoms in total. The van der Waals surface area contributed by atoms with Crippen LogP contribution in [-0.2, 0) is 25.7 Å². The molecule has 1 aliphatic heterocycles. The van der Waals surface area contributed by atoms with Crippen LogP contribution in [0.1, 0.15) is 12.5 Å². The van der Waals surface area contributed by atoms with Gasteiger partial charge in [-0.2, -0.15) is 0 Å². The molecule has 0 bridgehead atoms. The second-order valence-corrected chi connectivity index (χ2v) is 4.88. The summed E-state index contributed by atoms with van der Waals surface area (Å²) in [5.41, 5.74) is 0.855. The first-order valence-electron chi connectivity index (χ1n) is 6.62. The van der Waals surface area contributed by atoms with Crippen LogP contribution in [0.25, 0.3) is 0 Å². The summed E-state index contributed by atoms with van der Waals surface area (Å²) >= 11 is 0. The zero-order chi connectivity index (χ0) is 15.4. The molecule has 1 aliphatic rings. The normalized spacial score (nSPS) is 21.2. The van der Waals surface area contributed by atoms with E-state index in [0.717, 1.165) is 5.56 Å². The number of hydrogen-bond donors (Lipinski definition) is 0. The summed E-state index contributed by atoms with van der Waals surface area (Å²) in [5, 5.41) is 0. The zero-order valence-electron chi connectivity index (χ0n) is 11.9. The van der Waals surface area contributed by atoms with E-state index in [9.17, 15) is 14.4 Å². The van der Waals surface area contributed by atoms with Crippen LogP contribution in [0.2, 0.25) is 0 Å². The lowest BCUT2D eigenvalue weighted by molar-refractivity contribution is -0.148. The Morgan fingerprint density at radius 3 is 2.57 bits per heavy atom.